The minimum Gasteiger partial charge on any atom is -0.179 e. The Morgan fingerprint density at radius 3 is 2.79 bits per heavy atom. The third-order valence-electron chi connectivity index (χ3n) is 2.58. The molecule has 14 heavy (non-hydrogen) atoms. The van der Waals surface area contributed by atoms with Crippen molar-refractivity contribution in [2.45, 2.75) is 44.9 Å². The van der Waals surface area contributed by atoms with Crippen molar-refractivity contribution >= 4 is 24.0 Å². The maximum absolute atomic E-state index is 4.34. The van der Waals surface area contributed by atoms with Crippen molar-refractivity contribution in [2.75, 3.05) is 5.75 Å². The molecule has 0 aliphatic carbocycles. The first-order valence-electron chi connectivity index (χ1n) is 5.52. The van der Waals surface area contributed by atoms with Gasteiger partial charge in [0, 0.05) is 4.88 Å². The van der Waals surface area contributed by atoms with Crippen LogP contribution in [0.1, 0.15) is 49.8 Å². The first kappa shape index (κ1) is 12.1. The lowest BCUT2D eigenvalue weighted by Gasteiger charge is -2.13. The highest BCUT2D eigenvalue weighted by Gasteiger charge is 2.10. The molecular formula is C12H20S2. The third kappa shape index (κ3) is 4.05. The molecule has 1 rings (SSSR count). The van der Waals surface area contributed by atoms with Crippen LogP contribution < -0.4 is 0 Å². The summed E-state index contributed by atoms with van der Waals surface area (Å²) in [6.07, 6.45) is 6.63. The van der Waals surface area contributed by atoms with Gasteiger partial charge in [-0.2, -0.15) is 12.6 Å². The van der Waals surface area contributed by atoms with Gasteiger partial charge < -0.3 is 0 Å². The lowest BCUT2D eigenvalue weighted by molar-refractivity contribution is 0.563. The van der Waals surface area contributed by atoms with Crippen molar-refractivity contribution in [3.05, 3.63) is 22.4 Å². The summed E-state index contributed by atoms with van der Waals surface area (Å²) in [5.74, 6) is 1.77. The average molecular weight is 228 g/mol. The molecule has 80 valence electrons. The maximum Gasteiger partial charge on any atom is 0.00764 e. The number of hydrogen-bond donors (Lipinski definition) is 1. The lowest BCUT2D eigenvalue weighted by Crippen LogP contribution is -1.97. The number of rotatable bonds is 7. The van der Waals surface area contributed by atoms with Gasteiger partial charge in [-0.25, -0.2) is 0 Å². The second kappa shape index (κ2) is 7.36. The molecule has 0 radical (unpaired) electrons. The van der Waals surface area contributed by atoms with E-state index in [-0.39, 0.29) is 0 Å². The average Bonchev–Trinajstić information content (AvgIpc) is 2.70. The predicted octanol–water partition coefficient (Wildman–Crippen LogP) is 4.73. The monoisotopic (exact) mass is 228 g/mol. The Labute approximate surface area is 97.1 Å². The number of unbranched alkanes of at least 4 members (excludes halogenated alkanes) is 2. The molecule has 0 saturated heterocycles. The number of hydrogen-bond acceptors (Lipinski definition) is 2. The van der Waals surface area contributed by atoms with Gasteiger partial charge in [-0.1, -0.05) is 32.3 Å². The molecule has 0 aromatic carbocycles. The first-order chi connectivity index (χ1) is 6.88. The van der Waals surface area contributed by atoms with E-state index < -0.39 is 0 Å². The highest BCUT2D eigenvalue weighted by molar-refractivity contribution is 7.80. The normalized spacial score (nSPS) is 13.0. The minimum atomic E-state index is 0.763. The Hall–Kier alpha value is 0.0500. The fourth-order valence-corrected chi connectivity index (χ4v) is 2.96. The summed E-state index contributed by atoms with van der Waals surface area (Å²) in [6, 6.07) is 4.43. The maximum atomic E-state index is 4.34. The molecule has 0 aliphatic heterocycles. The zero-order valence-corrected chi connectivity index (χ0v) is 10.6. The SMILES string of the molecule is CCCCCC(CCS)c1cccs1. The van der Waals surface area contributed by atoms with E-state index in [1.54, 1.807) is 4.88 Å². The molecule has 0 fully saturated rings. The van der Waals surface area contributed by atoms with E-state index >= 15 is 0 Å². The van der Waals surface area contributed by atoms with Crippen molar-refractivity contribution < 1.29 is 0 Å². The standard InChI is InChI=1S/C12H20S2/c1-2-3-4-6-11(8-9-13)12-7-5-10-14-12/h5,7,10-11,13H,2-4,6,8-9H2,1H3. The van der Waals surface area contributed by atoms with E-state index in [9.17, 15) is 0 Å². The molecule has 1 atom stereocenters. The van der Waals surface area contributed by atoms with Crippen LogP contribution in [0.4, 0.5) is 0 Å². The Morgan fingerprint density at radius 1 is 1.36 bits per heavy atom. The summed E-state index contributed by atoms with van der Waals surface area (Å²) in [6.45, 7) is 2.26. The van der Waals surface area contributed by atoms with E-state index in [1.165, 1.54) is 32.1 Å². The fourth-order valence-electron chi connectivity index (χ4n) is 1.75. The molecule has 0 spiro atoms. The summed E-state index contributed by atoms with van der Waals surface area (Å²) in [4.78, 5) is 1.55. The van der Waals surface area contributed by atoms with Crippen molar-refractivity contribution in [1.82, 2.24) is 0 Å². The second-order valence-corrected chi connectivity index (χ2v) is 5.15. The molecule has 0 aliphatic rings. The van der Waals surface area contributed by atoms with Crippen LogP contribution in [-0.4, -0.2) is 5.75 Å². The molecule has 2 heteroatoms. The Bertz CT molecular complexity index is 216. The van der Waals surface area contributed by atoms with Crippen LogP contribution in [0.2, 0.25) is 0 Å². The van der Waals surface area contributed by atoms with Gasteiger partial charge in [-0.3, -0.25) is 0 Å². The van der Waals surface area contributed by atoms with Gasteiger partial charge in [0.25, 0.3) is 0 Å². The fraction of sp³-hybridized carbons (Fsp3) is 0.667. The molecule has 1 aromatic heterocycles. The summed E-state index contributed by atoms with van der Waals surface area (Å²) in [5.41, 5.74) is 0. The predicted molar refractivity (Wildman–Crippen MR) is 69.7 cm³/mol. The van der Waals surface area contributed by atoms with Crippen molar-refractivity contribution in [3.8, 4) is 0 Å². The van der Waals surface area contributed by atoms with Gasteiger partial charge in [0.2, 0.25) is 0 Å². The Balaban J connectivity index is 2.39. The number of thiophene rings is 1. The quantitative estimate of drug-likeness (QED) is 0.506. The zero-order valence-electron chi connectivity index (χ0n) is 8.91. The van der Waals surface area contributed by atoms with Crippen LogP contribution >= 0.6 is 24.0 Å². The van der Waals surface area contributed by atoms with E-state index in [0.29, 0.717) is 0 Å². The molecule has 1 heterocycles. The minimum absolute atomic E-state index is 0.763. The Morgan fingerprint density at radius 2 is 2.21 bits per heavy atom. The summed E-state index contributed by atoms with van der Waals surface area (Å²) in [5, 5.41) is 2.18. The van der Waals surface area contributed by atoms with Crippen LogP contribution in [0.15, 0.2) is 17.5 Å². The van der Waals surface area contributed by atoms with Crippen LogP contribution in [0.5, 0.6) is 0 Å². The van der Waals surface area contributed by atoms with Crippen molar-refractivity contribution in [1.29, 1.82) is 0 Å². The molecule has 0 amide bonds. The van der Waals surface area contributed by atoms with E-state index in [4.69, 9.17) is 0 Å². The summed E-state index contributed by atoms with van der Waals surface area (Å²) < 4.78 is 0. The molecular weight excluding hydrogens is 208 g/mol. The van der Waals surface area contributed by atoms with Crippen molar-refractivity contribution in [2.24, 2.45) is 0 Å². The van der Waals surface area contributed by atoms with Gasteiger partial charge in [0.05, 0.1) is 0 Å². The van der Waals surface area contributed by atoms with Crippen LogP contribution in [0.25, 0.3) is 0 Å². The van der Waals surface area contributed by atoms with E-state index in [1.807, 2.05) is 11.3 Å². The van der Waals surface area contributed by atoms with Crippen LogP contribution in [0.3, 0.4) is 0 Å². The topological polar surface area (TPSA) is 0 Å². The molecule has 1 aromatic rings. The van der Waals surface area contributed by atoms with Crippen LogP contribution in [0, 0.1) is 0 Å². The summed E-state index contributed by atoms with van der Waals surface area (Å²) in [7, 11) is 0. The highest BCUT2D eigenvalue weighted by Crippen LogP contribution is 2.29. The highest BCUT2D eigenvalue weighted by atomic mass is 32.1. The molecule has 0 bridgehead atoms. The zero-order chi connectivity index (χ0) is 10.2. The Kier molecular flexibility index (Phi) is 6.37. The first-order valence-corrected chi connectivity index (χ1v) is 7.04. The van der Waals surface area contributed by atoms with Gasteiger partial charge in [-0.05, 0) is 36.0 Å². The van der Waals surface area contributed by atoms with Crippen molar-refractivity contribution in [3.63, 3.8) is 0 Å². The molecule has 0 nitrogen and oxygen atoms in total. The van der Waals surface area contributed by atoms with Gasteiger partial charge in [-0.15, -0.1) is 11.3 Å². The van der Waals surface area contributed by atoms with Crippen LogP contribution in [-0.2, 0) is 0 Å². The van der Waals surface area contributed by atoms with E-state index in [0.717, 1.165) is 11.7 Å². The smallest absolute Gasteiger partial charge is 0.00764 e. The summed E-state index contributed by atoms with van der Waals surface area (Å²) >= 11 is 6.24. The van der Waals surface area contributed by atoms with Gasteiger partial charge in [0.1, 0.15) is 0 Å². The van der Waals surface area contributed by atoms with Gasteiger partial charge >= 0.3 is 0 Å². The van der Waals surface area contributed by atoms with Gasteiger partial charge in [0.15, 0.2) is 0 Å². The largest absolute Gasteiger partial charge is 0.179 e. The second-order valence-electron chi connectivity index (χ2n) is 3.72. The third-order valence-corrected chi connectivity index (χ3v) is 3.87. The van der Waals surface area contributed by atoms with E-state index in [2.05, 4.69) is 37.1 Å². The number of thiol groups is 1. The molecule has 1 unspecified atom stereocenters. The molecule has 0 saturated carbocycles. The molecule has 0 N–H and O–H groups in total. The lowest BCUT2D eigenvalue weighted by atomic mass is 9.97.